The fraction of sp³-hybridized carbons (Fsp3) is 0.348. The van der Waals surface area contributed by atoms with Crippen LogP contribution in [0.2, 0.25) is 0 Å². The van der Waals surface area contributed by atoms with Crippen molar-refractivity contribution in [1.29, 1.82) is 0 Å². The normalized spacial score (nSPS) is 15.4. The van der Waals surface area contributed by atoms with Gasteiger partial charge in [-0.25, -0.2) is 9.59 Å². The Bertz CT molecular complexity index is 1040. The van der Waals surface area contributed by atoms with Gasteiger partial charge in [0.05, 0.1) is 0 Å². The van der Waals surface area contributed by atoms with E-state index in [2.05, 4.69) is 0 Å². The second kappa shape index (κ2) is 9.72. The number of benzene rings is 2. The predicted octanol–water partition coefficient (Wildman–Crippen LogP) is 2.80. The van der Waals surface area contributed by atoms with Gasteiger partial charge in [0.1, 0.15) is 12.6 Å². The molecule has 2 aromatic rings. The molecule has 0 fully saturated rings. The lowest BCUT2D eigenvalue weighted by molar-refractivity contribution is -0.195. The Kier molecular flexibility index (Phi) is 7.15. The summed E-state index contributed by atoms with van der Waals surface area (Å²) in [7, 11) is 0. The Balaban J connectivity index is 1.75. The number of carboxylic acids is 1. The highest BCUT2D eigenvalue weighted by Gasteiger charge is 2.58. The van der Waals surface area contributed by atoms with E-state index in [4.69, 9.17) is 14.9 Å². The fourth-order valence-corrected chi connectivity index (χ4v) is 3.78. The molecule has 8 nitrogen and oxygen atoms in total. The molecule has 0 radical (unpaired) electrons. The average Bonchev–Trinajstić information content (AvgIpc) is 3.10. The number of hydrogen-bond donors (Lipinski definition) is 4. The largest absolute Gasteiger partial charge is 0.480 e. The van der Waals surface area contributed by atoms with Gasteiger partial charge in [-0.15, -0.1) is 0 Å². The van der Waals surface area contributed by atoms with Crippen molar-refractivity contribution in [2.75, 3.05) is 13.2 Å². The monoisotopic (exact) mass is 480 g/mol. The van der Waals surface area contributed by atoms with Gasteiger partial charge in [0, 0.05) is 18.9 Å². The van der Waals surface area contributed by atoms with Crippen LogP contribution in [0.4, 0.5) is 18.0 Å². The zero-order chi connectivity index (χ0) is 25.1. The number of aliphatic hydroxyl groups excluding tert-OH is 1. The molecule has 4 N–H and O–H groups in total. The van der Waals surface area contributed by atoms with Crippen LogP contribution < -0.4 is 10.6 Å². The number of halogens is 3. The highest BCUT2D eigenvalue weighted by molar-refractivity contribution is 5.93. The highest BCUT2D eigenvalue weighted by atomic mass is 19.4. The van der Waals surface area contributed by atoms with Gasteiger partial charge in [-0.1, -0.05) is 48.5 Å². The molecular weight excluding hydrogens is 457 g/mol. The molecule has 1 aliphatic rings. The average molecular weight is 480 g/mol. The summed E-state index contributed by atoms with van der Waals surface area (Å²) in [5.74, 6) is -3.84. The van der Waals surface area contributed by atoms with Crippen LogP contribution in [-0.4, -0.2) is 59.2 Å². The van der Waals surface area contributed by atoms with Crippen LogP contribution in [0.25, 0.3) is 11.1 Å². The lowest BCUT2D eigenvalue weighted by atomic mass is 9.98. The maximum Gasteiger partial charge on any atom is 0.420 e. The molecule has 0 aromatic heterocycles. The summed E-state index contributed by atoms with van der Waals surface area (Å²) in [6.45, 7) is -0.556. The third-order valence-corrected chi connectivity index (χ3v) is 5.74. The maximum atomic E-state index is 13.8. The third kappa shape index (κ3) is 4.84. The van der Waals surface area contributed by atoms with Crippen LogP contribution in [0, 0.1) is 0 Å². The van der Waals surface area contributed by atoms with Gasteiger partial charge < -0.3 is 20.3 Å². The second-order valence-electron chi connectivity index (χ2n) is 7.95. The van der Waals surface area contributed by atoms with Crippen molar-refractivity contribution >= 4 is 18.0 Å². The molecule has 34 heavy (non-hydrogen) atoms. The van der Waals surface area contributed by atoms with Crippen LogP contribution in [0.1, 0.15) is 30.4 Å². The van der Waals surface area contributed by atoms with Gasteiger partial charge in [-0.05, 0) is 29.2 Å². The molecule has 1 aliphatic carbocycles. The van der Waals surface area contributed by atoms with Crippen molar-refractivity contribution in [3.05, 3.63) is 59.7 Å². The minimum absolute atomic E-state index is 0.280. The van der Waals surface area contributed by atoms with Crippen LogP contribution in [0.15, 0.2) is 48.5 Å². The Morgan fingerprint density at radius 2 is 1.56 bits per heavy atom. The molecule has 0 saturated heterocycles. The predicted molar refractivity (Wildman–Crippen MR) is 114 cm³/mol. The molecule has 0 heterocycles. The van der Waals surface area contributed by atoms with Gasteiger partial charge in [0.2, 0.25) is 5.54 Å². The molecule has 182 valence electrons. The Hall–Kier alpha value is -3.60. The number of alkyl halides is 3. The lowest BCUT2D eigenvalue weighted by Crippen LogP contribution is -2.66. The van der Waals surface area contributed by atoms with Gasteiger partial charge in [0.15, 0.2) is 0 Å². The Labute approximate surface area is 192 Å². The van der Waals surface area contributed by atoms with Crippen molar-refractivity contribution < 1.29 is 42.5 Å². The number of amides is 2. The van der Waals surface area contributed by atoms with E-state index in [1.165, 1.54) is 5.32 Å². The molecule has 0 saturated carbocycles. The first-order valence-electron chi connectivity index (χ1n) is 10.3. The van der Waals surface area contributed by atoms with Crippen LogP contribution in [0.3, 0.4) is 0 Å². The van der Waals surface area contributed by atoms with E-state index >= 15 is 0 Å². The topological polar surface area (TPSA) is 125 Å². The molecular formula is C23H23F3N2O6. The van der Waals surface area contributed by atoms with Crippen molar-refractivity contribution in [2.24, 2.45) is 0 Å². The molecule has 0 spiro atoms. The first-order valence-corrected chi connectivity index (χ1v) is 10.3. The number of carbonyl (C=O) groups excluding carboxylic acids is 2. The van der Waals surface area contributed by atoms with E-state index in [1.807, 2.05) is 36.4 Å². The van der Waals surface area contributed by atoms with Crippen molar-refractivity contribution in [1.82, 2.24) is 10.6 Å². The number of carboxylic acid groups (broad SMARTS) is 1. The summed E-state index contributed by atoms with van der Waals surface area (Å²) in [5, 5.41) is 21.2. The summed E-state index contributed by atoms with van der Waals surface area (Å²) in [5.41, 5.74) is 0.0753. The van der Waals surface area contributed by atoms with Crippen molar-refractivity contribution in [3.8, 4) is 11.1 Å². The first-order chi connectivity index (χ1) is 16.0. The van der Waals surface area contributed by atoms with Gasteiger partial charge >= 0.3 is 18.2 Å². The smallest absolute Gasteiger partial charge is 0.420 e. The molecule has 3 rings (SSSR count). The standard InChI is InChI=1S/C23H23F3N2O6/c1-22(23(24,25)26,20(32)27-18(10-11-29)19(30)31)28-21(33)34-12-17-15-8-4-2-6-13(15)14-7-3-5-9-16(14)17/h2-9,17-18,29H,10-12H2,1H3,(H,27,32)(H,28,33)(H,30,31)/t18-,22?/m0/s1. The third-order valence-electron chi connectivity index (χ3n) is 5.74. The Morgan fingerprint density at radius 3 is 2.03 bits per heavy atom. The van der Waals surface area contributed by atoms with E-state index in [0.717, 1.165) is 22.3 Å². The number of ether oxygens (including phenoxy) is 1. The van der Waals surface area contributed by atoms with Crippen LogP contribution >= 0.6 is 0 Å². The SMILES string of the molecule is CC(NC(=O)OCC1c2ccccc2-c2ccccc21)(C(=O)N[C@@H](CCO)C(=O)O)C(F)(F)F. The highest BCUT2D eigenvalue weighted by Crippen LogP contribution is 2.44. The summed E-state index contributed by atoms with van der Waals surface area (Å²) < 4.78 is 46.4. The zero-order valence-corrected chi connectivity index (χ0v) is 18.1. The van der Waals surface area contributed by atoms with E-state index in [-0.39, 0.29) is 6.61 Å². The first kappa shape index (κ1) is 25.0. The number of hydrogen-bond acceptors (Lipinski definition) is 5. The molecule has 2 aromatic carbocycles. The number of nitrogens with one attached hydrogen (secondary N) is 2. The number of aliphatic hydroxyl groups is 1. The number of fused-ring (bicyclic) bond motifs is 3. The second-order valence-corrected chi connectivity index (χ2v) is 7.95. The van der Waals surface area contributed by atoms with E-state index in [0.29, 0.717) is 6.92 Å². The summed E-state index contributed by atoms with van der Waals surface area (Å²) in [6.07, 6.45) is -7.28. The van der Waals surface area contributed by atoms with E-state index in [1.54, 1.807) is 17.4 Å². The Morgan fingerprint density at radius 1 is 1.03 bits per heavy atom. The summed E-state index contributed by atoms with van der Waals surface area (Å²) >= 11 is 0. The van der Waals surface area contributed by atoms with Crippen molar-refractivity contribution in [2.45, 2.75) is 37.0 Å². The quantitative estimate of drug-likeness (QED) is 0.461. The summed E-state index contributed by atoms with van der Waals surface area (Å²) in [4.78, 5) is 35.9. The van der Waals surface area contributed by atoms with Gasteiger partial charge in [-0.2, -0.15) is 13.2 Å². The molecule has 0 bridgehead atoms. The minimum atomic E-state index is -5.27. The molecule has 2 amide bonds. The molecule has 11 heteroatoms. The lowest BCUT2D eigenvalue weighted by Gasteiger charge is -2.32. The van der Waals surface area contributed by atoms with Crippen molar-refractivity contribution in [3.63, 3.8) is 0 Å². The molecule has 0 aliphatic heterocycles. The number of alkyl carbamates (subject to hydrolysis) is 1. The minimum Gasteiger partial charge on any atom is -0.480 e. The number of carbonyl (C=O) groups is 3. The van der Waals surface area contributed by atoms with E-state index in [9.17, 15) is 27.6 Å². The fourth-order valence-electron chi connectivity index (χ4n) is 3.78. The van der Waals surface area contributed by atoms with Crippen LogP contribution in [-0.2, 0) is 14.3 Å². The van der Waals surface area contributed by atoms with Gasteiger partial charge in [0.25, 0.3) is 5.91 Å². The van der Waals surface area contributed by atoms with Crippen LogP contribution in [0.5, 0.6) is 0 Å². The molecule has 2 atom stereocenters. The van der Waals surface area contributed by atoms with Gasteiger partial charge in [-0.3, -0.25) is 10.1 Å². The zero-order valence-electron chi connectivity index (χ0n) is 18.1. The maximum absolute atomic E-state index is 13.8. The molecule has 1 unspecified atom stereocenters. The van der Waals surface area contributed by atoms with E-state index < -0.39 is 54.7 Å². The summed E-state index contributed by atoms with van der Waals surface area (Å²) in [6, 6.07) is 13.0. The number of aliphatic carboxylic acids is 1. The number of rotatable bonds is 8.